The number of carbonyl (C=O) groups is 1. The summed E-state index contributed by atoms with van der Waals surface area (Å²) in [7, 11) is 0. The normalized spacial score (nSPS) is 9.07. The van der Waals surface area contributed by atoms with Crippen LogP contribution in [0.15, 0.2) is 0 Å². The summed E-state index contributed by atoms with van der Waals surface area (Å²) in [5.41, 5.74) is 10.7. The van der Waals surface area contributed by atoms with E-state index in [2.05, 4.69) is 0 Å². The van der Waals surface area contributed by atoms with Gasteiger partial charge in [0.15, 0.2) is 0 Å². The van der Waals surface area contributed by atoms with Crippen LogP contribution in [0, 0.1) is 0 Å². The molecule has 4 heteroatoms. The molecular formula is C10H24N2O2. The van der Waals surface area contributed by atoms with Crippen LogP contribution in [-0.4, -0.2) is 24.2 Å². The van der Waals surface area contributed by atoms with Gasteiger partial charge in [-0.2, -0.15) is 0 Å². The van der Waals surface area contributed by atoms with E-state index in [0.29, 0.717) is 0 Å². The first-order valence-electron chi connectivity index (χ1n) is 5.24. The van der Waals surface area contributed by atoms with Crippen molar-refractivity contribution in [3.8, 4) is 0 Å². The van der Waals surface area contributed by atoms with Gasteiger partial charge in [0.1, 0.15) is 0 Å². The molecule has 0 aliphatic heterocycles. The van der Waals surface area contributed by atoms with E-state index in [1.165, 1.54) is 38.5 Å². The van der Waals surface area contributed by atoms with E-state index in [1.807, 2.05) is 0 Å². The molecule has 0 atom stereocenters. The Kier molecular flexibility index (Phi) is 16.9. The molecule has 86 valence electrons. The molecule has 14 heavy (non-hydrogen) atoms. The Morgan fingerprint density at radius 2 is 1.14 bits per heavy atom. The van der Waals surface area contributed by atoms with Crippen LogP contribution in [-0.2, 0) is 4.79 Å². The van der Waals surface area contributed by atoms with Crippen LogP contribution in [0.1, 0.15) is 45.4 Å². The Morgan fingerprint density at radius 3 is 1.36 bits per heavy atom. The summed E-state index contributed by atoms with van der Waals surface area (Å²) < 4.78 is 0. The number of carboxylic acids is 1. The number of nitrogens with two attached hydrogens (primary N) is 2. The Balaban J connectivity index is 0. The van der Waals surface area contributed by atoms with Crippen molar-refractivity contribution in [1.82, 2.24) is 0 Å². The highest BCUT2D eigenvalue weighted by molar-refractivity contribution is 5.62. The Hall–Kier alpha value is -0.610. The van der Waals surface area contributed by atoms with Crippen molar-refractivity contribution in [3.05, 3.63) is 0 Å². The van der Waals surface area contributed by atoms with Crippen molar-refractivity contribution < 1.29 is 9.90 Å². The summed E-state index contributed by atoms with van der Waals surface area (Å²) in [5, 5.41) is 7.42. The molecule has 0 aliphatic rings. The fraction of sp³-hybridized carbons (Fsp3) is 0.900. The van der Waals surface area contributed by atoms with Crippen molar-refractivity contribution in [1.29, 1.82) is 0 Å². The maximum Gasteiger partial charge on any atom is 0.300 e. The fourth-order valence-corrected chi connectivity index (χ4v) is 0.996. The minimum absolute atomic E-state index is 0.833. The molecule has 0 saturated carbocycles. The van der Waals surface area contributed by atoms with E-state index in [4.69, 9.17) is 21.4 Å². The number of hydrogen-bond donors (Lipinski definition) is 3. The van der Waals surface area contributed by atoms with E-state index in [9.17, 15) is 0 Å². The third-order valence-corrected chi connectivity index (χ3v) is 1.66. The number of carboxylic acid groups (broad SMARTS) is 1. The molecule has 0 aromatic rings. The van der Waals surface area contributed by atoms with Gasteiger partial charge >= 0.3 is 0 Å². The Labute approximate surface area is 86.7 Å². The average molecular weight is 204 g/mol. The largest absolute Gasteiger partial charge is 0.481 e. The van der Waals surface area contributed by atoms with Crippen LogP contribution in [0.4, 0.5) is 0 Å². The SMILES string of the molecule is CC(=O)O.NCCCCCCCCN. The van der Waals surface area contributed by atoms with E-state index < -0.39 is 5.97 Å². The highest BCUT2D eigenvalue weighted by Gasteiger charge is 1.87. The molecule has 0 heterocycles. The molecule has 0 aliphatic carbocycles. The summed E-state index contributed by atoms with van der Waals surface area (Å²) in [6.45, 7) is 2.77. The van der Waals surface area contributed by atoms with Gasteiger partial charge in [-0.3, -0.25) is 4.79 Å². The molecule has 0 spiro atoms. The smallest absolute Gasteiger partial charge is 0.300 e. The lowest BCUT2D eigenvalue weighted by molar-refractivity contribution is -0.134. The van der Waals surface area contributed by atoms with Crippen LogP contribution in [0.2, 0.25) is 0 Å². The summed E-state index contributed by atoms with van der Waals surface area (Å²) >= 11 is 0. The standard InChI is InChI=1S/C8H20N2.C2H4O2/c9-7-5-3-1-2-4-6-8-10;1-2(3)4/h1-10H2;1H3,(H,3,4). The van der Waals surface area contributed by atoms with Crippen molar-refractivity contribution in [2.45, 2.75) is 45.4 Å². The van der Waals surface area contributed by atoms with Gasteiger partial charge in [0.05, 0.1) is 0 Å². The highest BCUT2D eigenvalue weighted by atomic mass is 16.4. The number of hydrogen-bond acceptors (Lipinski definition) is 3. The first kappa shape index (κ1) is 15.8. The van der Waals surface area contributed by atoms with Crippen LogP contribution >= 0.6 is 0 Å². The molecule has 0 rings (SSSR count). The maximum atomic E-state index is 9.00. The zero-order chi connectivity index (χ0) is 11.2. The zero-order valence-corrected chi connectivity index (χ0v) is 9.17. The monoisotopic (exact) mass is 204 g/mol. The van der Waals surface area contributed by atoms with Gasteiger partial charge in [0.25, 0.3) is 5.97 Å². The molecule has 0 saturated heterocycles. The Morgan fingerprint density at radius 1 is 0.929 bits per heavy atom. The third kappa shape index (κ3) is 30.1. The molecular weight excluding hydrogens is 180 g/mol. The molecule has 0 aromatic heterocycles. The summed E-state index contributed by atoms with van der Waals surface area (Å²) in [6.07, 6.45) is 7.61. The maximum absolute atomic E-state index is 9.00. The second kappa shape index (κ2) is 14.9. The van der Waals surface area contributed by atoms with Gasteiger partial charge < -0.3 is 16.6 Å². The molecule has 0 fully saturated rings. The summed E-state index contributed by atoms with van der Waals surface area (Å²) in [4.78, 5) is 9.00. The predicted molar refractivity (Wildman–Crippen MR) is 59.1 cm³/mol. The number of rotatable bonds is 7. The molecule has 0 unspecified atom stereocenters. The lowest BCUT2D eigenvalue weighted by atomic mass is 10.1. The lowest BCUT2D eigenvalue weighted by Crippen LogP contribution is -1.99. The third-order valence-electron chi connectivity index (χ3n) is 1.66. The number of unbranched alkanes of at least 4 members (excludes halogenated alkanes) is 5. The molecule has 0 aromatic carbocycles. The van der Waals surface area contributed by atoms with E-state index in [-0.39, 0.29) is 0 Å². The minimum atomic E-state index is -0.833. The topological polar surface area (TPSA) is 89.3 Å². The fourth-order valence-electron chi connectivity index (χ4n) is 0.996. The summed E-state index contributed by atoms with van der Waals surface area (Å²) in [5.74, 6) is -0.833. The van der Waals surface area contributed by atoms with Gasteiger partial charge in [-0.25, -0.2) is 0 Å². The van der Waals surface area contributed by atoms with E-state index in [0.717, 1.165) is 20.0 Å². The van der Waals surface area contributed by atoms with E-state index >= 15 is 0 Å². The second-order valence-electron chi connectivity index (χ2n) is 3.22. The number of aliphatic carboxylic acids is 1. The molecule has 0 radical (unpaired) electrons. The van der Waals surface area contributed by atoms with Crippen molar-refractivity contribution in [3.63, 3.8) is 0 Å². The molecule has 4 nitrogen and oxygen atoms in total. The molecule has 0 bridgehead atoms. The lowest BCUT2D eigenvalue weighted by Gasteiger charge is -1.97. The van der Waals surface area contributed by atoms with Gasteiger partial charge in [0.2, 0.25) is 0 Å². The van der Waals surface area contributed by atoms with Gasteiger partial charge in [-0.05, 0) is 25.9 Å². The van der Waals surface area contributed by atoms with E-state index in [1.54, 1.807) is 0 Å². The minimum Gasteiger partial charge on any atom is -0.481 e. The zero-order valence-electron chi connectivity index (χ0n) is 9.17. The van der Waals surface area contributed by atoms with Gasteiger partial charge in [-0.1, -0.05) is 25.7 Å². The van der Waals surface area contributed by atoms with Gasteiger partial charge in [0, 0.05) is 6.92 Å². The first-order valence-corrected chi connectivity index (χ1v) is 5.24. The van der Waals surface area contributed by atoms with Crippen molar-refractivity contribution in [2.75, 3.05) is 13.1 Å². The van der Waals surface area contributed by atoms with Crippen LogP contribution in [0.5, 0.6) is 0 Å². The average Bonchev–Trinajstić information content (AvgIpc) is 2.10. The van der Waals surface area contributed by atoms with Gasteiger partial charge in [-0.15, -0.1) is 0 Å². The first-order chi connectivity index (χ1) is 6.65. The molecule has 5 N–H and O–H groups in total. The second-order valence-corrected chi connectivity index (χ2v) is 3.22. The van der Waals surface area contributed by atoms with Crippen molar-refractivity contribution >= 4 is 5.97 Å². The van der Waals surface area contributed by atoms with Crippen LogP contribution in [0.25, 0.3) is 0 Å². The quantitative estimate of drug-likeness (QED) is 0.546. The molecule has 0 amide bonds. The van der Waals surface area contributed by atoms with Crippen molar-refractivity contribution in [2.24, 2.45) is 11.5 Å². The van der Waals surface area contributed by atoms with Crippen LogP contribution < -0.4 is 11.5 Å². The Bertz CT molecular complexity index is 107. The van der Waals surface area contributed by atoms with Crippen LogP contribution in [0.3, 0.4) is 0 Å². The predicted octanol–water partition coefficient (Wildman–Crippen LogP) is 1.34. The highest BCUT2D eigenvalue weighted by Crippen LogP contribution is 2.03. The summed E-state index contributed by atoms with van der Waals surface area (Å²) in [6, 6.07) is 0.